The molecule has 1 fully saturated rings. The number of fused-ring (bicyclic) bond motifs is 1. The maximum atomic E-state index is 14.0. The predicted molar refractivity (Wildman–Crippen MR) is 145 cm³/mol. The lowest BCUT2D eigenvalue weighted by Gasteiger charge is -2.47. The molecule has 38 heavy (non-hydrogen) atoms. The fourth-order valence-corrected chi connectivity index (χ4v) is 5.65. The fraction of sp³-hybridized carbons (Fsp3) is 0.548. The molecule has 0 radical (unpaired) electrons. The number of rotatable bonds is 3. The highest BCUT2D eigenvalue weighted by atomic mass is 19.1. The van der Waals surface area contributed by atoms with Crippen molar-refractivity contribution in [2.75, 3.05) is 13.2 Å². The van der Waals surface area contributed by atoms with Crippen molar-refractivity contribution < 1.29 is 23.5 Å². The van der Waals surface area contributed by atoms with Gasteiger partial charge in [0.2, 0.25) is 0 Å². The van der Waals surface area contributed by atoms with Crippen LogP contribution in [0.3, 0.4) is 0 Å². The zero-order chi connectivity index (χ0) is 27.8. The van der Waals surface area contributed by atoms with E-state index in [1.807, 2.05) is 64.6 Å². The quantitative estimate of drug-likeness (QED) is 0.485. The first-order valence-electron chi connectivity index (χ1n) is 13.5. The van der Waals surface area contributed by atoms with Gasteiger partial charge >= 0.3 is 6.09 Å². The van der Waals surface area contributed by atoms with E-state index in [9.17, 15) is 14.0 Å². The van der Waals surface area contributed by atoms with Gasteiger partial charge in [0.15, 0.2) is 0 Å². The molecule has 2 aliphatic rings. The number of carbonyl (C=O) groups excluding carboxylic acids is 2. The van der Waals surface area contributed by atoms with Gasteiger partial charge in [0.25, 0.3) is 5.91 Å². The molecule has 0 spiro atoms. The van der Waals surface area contributed by atoms with Crippen LogP contribution in [0.4, 0.5) is 9.18 Å². The van der Waals surface area contributed by atoms with Crippen LogP contribution in [0.1, 0.15) is 77.6 Å². The molecule has 206 valence electrons. The van der Waals surface area contributed by atoms with Gasteiger partial charge < -0.3 is 14.4 Å². The van der Waals surface area contributed by atoms with Gasteiger partial charge in [-0.05, 0) is 89.1 Å². The summed E-state index contributed by atoms with van der Waals surface area (Å²) in [6, 6.07) is 14.0. The molecule has 4 rings (SSSR count). The van der Waals surface area contributed by atoms with Crippen molar-refractivity contribution in [3.63, 3.8) is 0 Å². The number of hydrogen-bond donors (Lipinski definition) is 0. The molecule has 2 amide bonds. The number of amides is 2. The Hall–Kier alpha value is -2.93. The summed E-state index contributed by atoms with van der Waals surface area (Å²) in [6.45, 7) is 14.4. The minimum absolute atomic E-state index is 0.0193. The second kappa shape index (κ2) is 10.7. The normalized spacial score (nSPS) is 23.9. The largest absolute Gasteiger partial charge is 0.444 e. The van der Waals surface area contributed by atoms with Gasteiger partial charge in [0, 0.05) is 12.1 Å². The van der Waals surface area contributed by atoms with E-state index in [2.05, 4.69) is 13.0 Å². The van der Waals surface area contributed by atoms with E-state index in [-0.39, 0.29) is 42.4 Å². The van der Waals surface area contributed by atoms with Gasteiger partial charge in [-0.15, -0.1) is 0 Å². The summed E-state index contributed by atoms with van der Waals surface area (Å²) in [7, 11) is 0. The fourth-order valence-electron chi connectivity index (χ4n) is 5.65. The van der Waals surface area contributed by atoms with Crippen LogP contribution in [0.15, 0.2) is 48.5 Å². The molecule has 0 bridgehead atoms. The Kier molecular flexibility index (Phi) is 7.89. The van der Waals surface area contributed by atoms with Crippen molar-refractivity contribution in [1.82, 2.24) is 9.80 Å². The highest BCUT2D eigenvalue weighted by molar-refractivity contribution is 5.82. The summed E-state index contributed by atoms with van der Waals surface area (Å²) in [5.41, 5.74) is 2.03. The second-order valence-electron chi connectivity index (χ2n) is 12.6. The maximum Gasteiger partial charge on any atom is 0.411 e. The Morgan fingerprint density at radius 2 is 1.68 bits per heavy atom. The summed E-state index contributed by atoms with van der Waals surface area (Å²) < 4.78 is 25.7. The Morgan fingerprint density at radius 1 is 1.03 bits per heavy atom. The summed E-state index contributed by atoms with van der Waals surface area (Å²) in [6.07, 6.45) is 0.253. The first-order valence-corrected chi connectivity index (χ1v) is 13.5. The van der Waals surface area contributed by atoms with Crippen LogP contribution in [0.25, 0.3) is 0 Å². The van der Waals surface area contributed by atoms with E-state index in [0.717, 1.165) is 17.5 Å². The molecule has 2 aromatic rings. The average molecular weight is 525 g/mol. The molecule has 7 heteroatoms. The minimum atomic E-state index is -0.616. The van der Waals surface area contributed by atoms with Crippen LogP contribution in [-0.2, 0) is 20.7 Å². The number of carbonyl (C=O) groups is 2. The molecule has 0 aliphatic carbocycles. The molecule has 1 saturated heterocycles. The molecule has 0 N–H and O–H groups in total. The highest BCUT2D eigenvalue weighted by Crippen LogP contribution is 2.38. The molecule has 4 atom stereocenters. The Labute approximate surface area is 226 Å². The van der Waals surface area contributed by atoms with E-state index < -0.39 is 17.2 Å². The molecule has 0 unspecified atom stereocenters. The lowest BCUT2D eigenvalue weighted by molar-refractivity contribution is -0.155. The van der Waals surface area contributed by atoms with Crippen LogP contribution in [0.5, 0.6) is 0 Å². The van der Waals surface area contributed by atoms with E-state index >= 15 is 0 Å². The molecule has 2 aliphatic heterocycles. The number of nitrogens with zero attached hydrogens (tertiary/aromatic N) is 2. The van der Waals surface area contributed by atoms with E-state index in [1.54, 1.807) is 17.0 Å². The molecular weight excluding hydrogens is 483 g/mol. The van der Waals surface area contributed by atoms with Gasteiger partial charge in [-0.25, -0.2) is 9.18 Å². The predicted octanol–water partition coefficient (Wildman–Crippen LogP) is 6.13. The zero-order valence-electron chi connectivity index (χ0n) is 23.7. The molecule has 6 nitrogen and oxygen atoms in total. The van der Waals surface area contributed by atoms with Gasteiger partial charge in [-0.3, -0.25) is 9.69 Å². The first-order chi connectivity index (χ1) is 17.8. The van der Waals surface area contributed by atoms with Crippen LogP contribution < -0.4 is 0 Å². The van der Waals surface area contributed by atoms with Crippen molar-refractivity contribution in [3.8, 4) is 0 Å². The average Bonchev–Trinajstić information content (AvgIpc) is 2.82. The molecule has 0 saturated carbocycles. The Balaban J connectivity index is 1.56. The van der Waals surface area contributed by atoms with Crippen molar-refractivity contribution in [2.24, 2.45) is 5.92 Å². The van der Waals surface area contributed by atoms with Crippen molar-refractivity contribution >= 4 is 12.0 Å². The Bertz CT molecular complexity index is 1150. The maximum absolute atomic E-state index is 14.0. The van der Waals surface area contributed by atoms with Gasteiger partial charge in [-0.1, -0.05) is 43.3 Å². The molecule has 0 aromatic heterocycles. The summed E-state index contributed by atoms with van der Waals surface area (Å²) in [4.78, 5) is 30.8. The Morgan fingerprint density at radius 3 is 2.29 bits per heavy atom. The standard InChI is InChI=1S/C31H41FN2O4/c1-20-18-26(37-19-25(20)34(30(2,3)4)29(36)38-31(5,6)7)28(35)33-17-16-21-10-8-9-11-24(21)27(33)22-12-14-23(32)15-13-22/h8-15,20,25-27H,16-19H2,1-7H3/t20-,25+,26+,27+/m1/s1. The van der Waals surface area contributed by atoms with E-state index in [0.29, 0.717) is 13.0 Å². The van der Waals surface area contributed by atoms with Gasteiger partial charge in [0.05, 0.1) is 18.7 Å². The van der Waals surface area contributed by atoms with Crippen molar-refractivity contribution in [3.05, 3.63) is 71.0 Å². The minimum Gasteiger partial charge on any atom is -0.444 e. The van der Waals surface area contributed by atoms with Crippen LogP contribution in [-0.4, -0.2) is 58.2 Å². The lowest BCUT2D eigenvalue weighted by Crippen LogP contribution is -2.60. The zero-order valence-corrected chi connectivity index (χ0v) is 23.7. The number of hydrogen-bond acceptors (Lipinski definition) is 4. The third kappa shape index (κ3) is 6.04. The van der Waals surface area contributed by atoms with Crippen molar-refractivity contribution in [2.45, 2.75) is 90.6 Å². The molecular formula is C31H41FN2O4. The molecule has 2 aromatic carbocycles. The number of ether oxygens (including phenoxy) is 2. The monoisotopic (exact) mass is 524 g/mol. The van der Waals surface area contributed by atoms with Crippen LogP contribution in [0.2, 0.25) is 0 Å². The third-order valence-electron chi connectivity index (χ3n) is 7.38. The van der Waals surface area contributed by atoms with E-state index in [1.165, 1.54) is 17.7 Å². The van der Waals surface area contributed by atoms with E-state index in [4.69, 9.17) is 9.47 Å². The number of halogens is 1. The SMILES string of the molecule is C[C@@H]1C[C@@H](C(=O)N2CCc3ccccc3[C@@H]2c2ccc(F)cc2)OC[C@@H]1N(C(=O)OC(C)(C)C)C(C)(C)C. The number of benzene rings is 2. The van der Waals surface area contributed by atoms with Crippen molar-refractivity contribution in [1.29, 1.82) is 0 Å². The van der Waals surface area contributed by atoms with Crippen LogP contribution >= 0.6 is 0 Å². The van der Waals surface area contributed by atoms with Gasteiger partial charge in [-0.2, -0.15) is 0 Å². The second-order valence-corrected chi connectivity index (χ2v) is 12.6. The highest BCUT2D eigenvalue weighted by Gasteiger charge is 2.45. The smallest absolute Gasteiger partial charge is 0.411 e. The molecule has 2 heterocycles. The topological polar surface area (TPSA) is 59.1 Å². The summed E-state index contributed by atoms with van der Waals surface area (Å²) in [5, 5.41) is 0. The first kappa shape index (κ1) is 28.1. The lowest BCUT2D eigenvalue weighted by atomic mass is 9.86. The van der Waals surface area contributed by atoms with Crippen LogP contribution in [0, 0.1) is 11.7 Å². The third-order valence-corrected chi connectivity index (χ3v) is 7.38. The van der Waals surface area contributed by atoms with Gasteiger partial charge in [0.1, 0.15) is 17.5 Å². The summed E-state index contributed by atoms with van der Waals surface area (Å²) >= 11 is 0. The summed E-state index contributed by atoms with van der Waals surface area (Å²) in [5.74, 6) is -0.357.